The molecule has 2 aromatic rings. The Morgan fingerprint density at radius 2 is 1.36 bits per heavy atom. The summed E-state index contributed by atoms with van der Waals surface area (Å²) in [4.78, 5) is 17.5. The summed E-state index contributed by atoms with van der Waals surface area (Å²) in [5.41, 5.74) is 1.45. The maximum atomic E-state index is 12.8. The second-order valence-corrected chi connectivity index (χ2v) is 7.11. The van der Waals surface area contributed by atoms with Crippen molar-refractivity contribution in [3.05, 3.63) is 71.8 Å². The van der Waals surface area contributed by atoms with Crippen LogP contribution in [0.5, 0.6) is 0 Å². The average Bonchev–Trinajstić information content (AvgIpc) is 2.52. The zero-order chi connectivity index (χ0) is 16.2. The third kappa shape index (κ3) is 4.16. The number of rotatable bonds is 4. The summed E-state index contributed by atoms with van der Waals surface area (Å²) in [7, 11) is 0. The first-order chi connectivity index (χ1) is 10.4. The molecule has 113 valence electrons. The van der Waals surface area contributed by atoms with Gasteiger partial charge in [-0.25, -0.2) is 0 Å². The van der Waals surface area contributed by atoms with Gasteiger partial charge in [-0.1, -0.05) is 0 Å². The van der Waals surface area contributed by atoms with Crippen LogP contribution in [0, 0.1) is 5.41 Å². The van der Waals surface area contributed by atoms with Crippen LogP contribution in [0.15, 0.2) is 65.7 Å². The Bertz CT molecular complexity index is 657. The molecule has 0 N–H and O–H groups in total. The van der Waals surface area contributed by atoms with Gasteiger partial charge in [0.05, 0.1) is 0 Å². The van der Waals surface area contributed by atoms with E-state index in [1.54, 1.807) is 0 Å². The second kappa shape index (κ2) is 7.04. The van der Waals surface area contributed by atoms with E-state index in [0.717, 1.165) is 10.2 Å². The van der Waals surface area contributed by atoms with Gasteiger partial charge < -0.3 is 0 Å². The van der Waals surface area contributed by atoms with Crippen molar-refractivity contribution in [2.45, 2.75) is 26.8 Å². The van der Waals surface area contributed by atoms with Crippen LogP contribution >= 0.6 is 0 Å². The van der Waals surface area contributed by atoms with Crippen LogP contribution in [-0.2, 0) is 0 Å². The molecule has 22 heavy (non-hydrogen) atoms. The summed E-state index contributed by atoms with van der Waals surface area (Å²) in [5.74, 6) is 0.0526. The van der Waals surface area contributed by atoms with Gasteiger partial charge in [-0.3, -0.25) is 0 Å². The molecule has 0 aliphatic heterocycles. The fraction of sp³-hybridized carbons (Fsp3) is 0.263. The Labute approximate surface area is 140 Å². The van der Waals surface area contributed by atoms with E-state index in [1.165, 1.54) is 0 Å². The van der Waals surface area contributed by atoms with Crippen LogP contribution < -0.4 is 0 Å². The van der Waals surface area contributed by atoms with Crippen LogP contribution in [-0.4, -0.2) is 32.4 Å². The number of carbonyl (C=O) groups is 1. The predicted octanol–water partition coefficient (Wildman–Crippen LogP) is 3.90. The van der Waals surface area contributed by atoms with E-state index in [1.807, 2.05) is 81.4 Å². The standard InChI is InChI=1S/C19H20NOSe/c1-19(2,3)17(16(21)14-10-6-4-7-11-14)20-18(22)15-12-8-5-9-13-15/h4-13,17H,1-3H3. The fourth-order valence-corrected chi connectivity index (χ4v) is 2.69. The van der Waals surface area contributed by atoms with Gasteiger partial charge in [-0.15, -0.1) is 0 Å². The SMILES string of the molecule is CC(C)(C)C(N=C([Se])c1ccccc1)C(=O)c1ccccc1. The molecule has 0 heterocycles. The molecule has 0 saturated carbocycles. The van der Waals surface area contributed by atoms with Crippen LogP contribution in [0.4, 0.5) is 0 Å². The molecule has 0 amide bonds. The van der Waals surface area contributed by atoms with E-state index in [9.17, 15) is 4.79 Å². The Morgan fingerprint density at radius 3 is 1.82 bits per heavy atom. The second-order valence-electron chi connectivity index (χ2n) is 6.30. The maximum absolute atomic E-state index is 12.8. The summed E-state index contributed by atoms with van der Waals surface area (Å²) in [6.07, 6.45) is 0. The summed E-state index contributed by atoms with van der Waals surface area (Å²) >= 11 is 3.00. The number of ketones is 1. The molecule has 3 heteroatoms. The molecule has 2 aromatic carbocycles. The Hall–Kier alpha value is -1.70. The third-order valence-corrected chi connectivity index (χ3v) is 4.11. The first kappa shape index (κ1) is 16.7. The average molecular weight is 357 g/mol. The molecule has 0 spiro atoms. The normalized spacial score (nSPS) is 13.7. The Morgan fingerprint density at radius 1 is 0.909 bits per heavy atom. The molecule has 0 aromatic heterocycles. The van der Waals surface area contributed by atoms with Gasteiger partial charge in [0.2, 0.25) is 0 Å². The molecule has 0 saturated heterocycles. The summed E-state index contributed by atoms with van der Waals surface area (Å²) in [5, 5.41) is 0. The molecular formula is C19H20NOSe. The van der Waals surface area contributed by atoms with Gasteiger partial charge in [0.25, 0.3) is 0 Å². The van der Waals surface area contributed by atoms with Crippen LogP contribution in [0.3, 0.4) is 0 Å². The summed E-state index contributed by atoms with van der Waals surface area (Å²) in [6, 6.07) is 18.8. The van der Waals surface area contributed by atoms with Crippen molar-refractivity contribution in [3.63, 3.8) is 0 Å². The van der Waals surface area contributed by atoms with E-state index >= 15 is 0 Å². The number of nitrogens with zero attached hydrogens (tertiary/aromatic N) is 1. The Kier molecular flexibility index (Phi) is 5.33. The summed E-state index contributed by atoms with van der Waals surface area (Å²) in [6.45, 7) is 6.13. The first-order valence-corrected chi connectivity index (χ1v) is 8.15. The van der Waals surface area contributed by atoms with Crippen molar-refractivity contribution in [1.29, 1.82) is 0 Å². The van der Waals surface area contributed by atoms with Crippen molar-refractivity contribution in [2.75, 3.05) is 0 Å². The Balaban J connectivity index is 2.38. The molecule has 1 atom stereocenters. The zero-order valence-corrected chi connectivity index (χ0v) is 14.8. The van der Waals surface area contributed by atoms with E-state index in [0.29, 0.717) is 5.56 Å². The van der Waals surface area contributed by atoms with Crippen LogP contribution in [0.1, 0.15) is 36.7 Å². The van der Waals surface area contributed by atoms with E-state index in [4.69, 9.17) is 4.99 Å². The van der Waals surface area contributed by atoms with E-state index in [-0.39, 0.29) is 11.2 Å². The van der Waals surface area contributed by atoms with Gasteiger partial charge in [-0.2, -0.15) is 0 Å². The van der Waals surface area contributed by atoms with E-state index < -0.39 is 6.04 Å². The third-order valence-electron chi connectivity index (χ3n) is 3.39. The van der Waals surface area contributed by atoms with Crippen molar-refractivity contribution in [2.24, 2.45) is 10.4 Å². The molecule has 0 aliphatic carbocycles. The molecular weight excluding hydrogens is 337 g/mol. The minimum atomic E-state index is -0.425. The monoisotopic (exact) mass is 358 g/mol. The number of hydrogen-bond acceptors (Lipinski definition) is 2. The van der Waals surface area contributed by atoms with Crippen molar-refractivity contribution < 1.29 is 4.79 Å². The molecule has 2 rings (SSSR count). The summed E-state index contributed by atoms with van der Waals surface area (Å²) < 4.78 is 0.768. The van der Waals surface area contributed by atoms with Gasteiger partial charge in [0.1, 0.15) is 0 Å². The van der Waals surface area contributed by atoms with Gasteiger partial charge in [-0.05, 0) is 0 Å². The first-order valence-electron chi connectivity index (χ1n) is 7.29. The quantitative estimate of drug-likeness (QED) is 0.464. The number of benzene rings is 2. The van der Waals surface area contributed by atoms with Gasteiger partial charge >= 0.3 is 140 Å². The fourth-order valence-electron chi connectivity index (χ4n) is 2.18. The van der Waals surface area contributed by atoms with Crippen LogP contribution in [0.25, 0.3) is 0 Å². The van der Waals surface area contributed by atoms with Crippen molar-refractivity contribution in [1.82, 2.24) is 0 Å². The van der Waals surface area contributed by atoms with Crippen molar-refractivity contribution >= 4 is 26.4 Å². The number of hydrogen-bond donors (Lipinski definition) is 0. The molecule has 0 bridgehead atoms. The van der Waals surface area contributed by atoms with Gasteiger partial charge in [0, 0.05) is 0 Å². The van der Waals surface area contributed by atoms with Crippen molar-refractivity contribution in [3.8, 4) is 0 Å². The van der Waals surface area contributed by atoms with E-state index in [2.05, 4.69) is 16.0 Å². The molecule has 1 radical (unpaired) electrons. The number of carbonyl (C=O) groups excluding carboxylic acids is 1. The zero-order valence-electron chi connectivity index (χ0n) is 13.1. The number of Topliss-reactive ketones (excluding diaryl/α,β-unsaturated/α-hetero) is 1. The topological polar surface area (TPSA) is 29.4 Å². The number of aliphatic imine (C=N–C) groups is 1. The molecule has 0 aliphatic rings. The minimum absolute atomic E-state index is 0.0526. The molecule has 0 fully saturated rings. The van der Waals surface area contributed by atoms with Gasteiger partial charge in [0.15, 0.2) is 0 Å². The predicted molar refractivity (Wildman–Crippen MR) is 92.7 cm³/mol. The van der Waals surface area contributed by atoms with Crippen LogP contribution in [0.2, 0.25) is 0 Å². The molecule has 1 unspecified atom stereocenters. The molecule has 2 nitrogen and oxygen atoms in total.